The number of aliphatic hydroxyl groups is 1. The number of likely N-dealkylation sites (tertiary alicyclic amines) is 1. The van der Waals surface area contributed by atoms with Crippen LogP contribution in [0, 0.1) is 0 Å². The van der Waals surface area contributed by atoms with Gasteiger partial charge in [-0.05, 0) is 37.1 Å². The molecule has 0 aliphatic carbocycles. The molecule has 2 aromatic carbocycles. The third-order valence-corrected chi connectivity index (χ3v) is 5.58. The van der Waals surface area contributed by atoms with E-state index < -0.39 is 0 Å². The molecule has 3 aromatic rings. The van der Waals surface area contributed by atoms with E-state index in [2.05, 4.69) is 11.1 Å². The van der Waals surface area contributed by atoms with Gasteiger partial charge in [0.15, 0.2) is 0 Å². The van der Waals surface area contributed by atoms with E-state index in [1.807, 2.05) is 42.5 Å². The van der Waals surface area contributed by atoms with Crippen LogP contribution in [0.25, 0.3) is 20.8 Å². The van der Waals surface area contributed by atoms with E-state index in [1.54, 1.807) is 16.2 Å². The van der Waals surface area contributed by atoms with Crippen molar-refractivity contribution in [3.63, 3.8) is 0 Å². The third-order valence-electron chi connectivity index (χ3n) is 4.50. The summed E-state index contributed by atoms with van der Waals surface area (Å²) in [7, 11) is 0. The van der Waals surface area contributed by atoms with Crippen molar-refractivity contribution in [2.45, 2.75) is 18.9 Å². The second-order valence-electron chi connectivity index (χ2n) is 6.04. The largest absolute Gasteiger partial charge is 0.394 e. The number of carbonyl (C=O) groups is 1. The minimum atomic E-state index is -0.0522. The molecule has 1 aliphatic rings. The Morgan fingerprint density at radius 2 is 2.12 bits per heavy atom. The maximum Gasteiger partial charge on any atom is 0.254 e. The topological polar surface area (TPSA) is 53.4 Å². The predicted molar refractivity (Wildman–Crippen MR) is 96.2 cm³/mol. The predicted octanol–water partition coefficient (Wildman–Crippen LogP) is 3.56. The van der Waals surface area contributed by atoms with Gasteiger partial charge in [0.05, 0.1) is 22.9 Å². The average molecular weight is 338 g/mol. The summed E-state index contributed by atoms with van der Waals surface area (Å²) in [6, 6.07) is 15.6. The summed E-state index contributed by atoms with van der Waals surface area (Å²) < 4.78 is 1.14. The van der Waals surface area contributed by atoms with Crippen molar-refractivity contribution in [1.82, 2.24) is 9.88 Å². The maximum atomic E-state index is 12.8. The molecular formula is C19H18N2O2S. The van der Waals surface area contributed by atoms with Gasteiger partial charge in [0.1, 0.15) is 5.01 Å². The Morgan fingerprint density at radius 3 is 2.96 bits per heavy atom. The van der Waals surface area contributed by atoms with Crippen LogP contribution in [0.4, 0.5) is 0 Å². The summed E-state index contributed by atoms with van der Waals surface area (Å²) in [5.41, 5.74) is 2.60. The van der Waals surface area contributed by atoms with Gasteiger partial charge in [-0.15, -0.1) is 11.3 Å². The molecular weight excluding hydrogens is 320 g/mol. The molecule has 1 amide bonds. The van der Waals surface area contributed by atoms with Crippen molar-refractivity contribution in [2.75, 3.05) is 13.2 Å². The van der Waals surface area contributed by atoms with Crippen LogP contribution >= 0.6 is 11.3 Å². The SMILES string of the molecule is O=C(c1cccc(-c2nc3ccccc3s2)c1)N1CCCC1CO. The smallest absolute Gasteiger partial charge is 0.254 e. The zero-order valence-electron chi connectivity index (χ0n) is 13.2. The summed E-state index contributed by atoms with van der Waals surface area (Å²) in [5.74, 6) is -0.00508. The highest BCUT2D eigenvalue weighted by Crippen LogP contribution is 2.31. The zero-order chi connectivity index (χ0) is 16.5. The molecule has 1 aromatic heterocycles. The lowest BCUT2D eigenvalue weighted by Crippen LogP contribution is -2.37. The van der Waals surface area contributed by atoms with E-state index >= 15 is 0 Å². The van der Waals surface area contributed by atoms with Crippen molar-refractivity contribution in [3.05, 3.63) is 54.1 Å². The highest BCUT2D eigenvalue weighted by molar-refractivity contribution is 7.21. The second-order valence-corrected chi connectivity index (χ2v) is 7.08. The van der Waals surface area contributed by atoms with E-state index in [-0.39, 0.29) is 18.6 Å². The van der Waals surface area contributed by atoms with Crippen molar-refractivity contribution in [2.24, 2.45) is 0 Å². The van der Waals surface area contributed by atoms with Crippen LogP contribution in [0.3, 0.4) is 0 Å². The van der Waals surface area contributed by atoms with Gasteiger partial charge in [0.25, 0.3) is 5.91 Å². The number of hydrogen-bond acceptors (Lipinski definition) is 4. The Morgan fingerprint density at radius 1 is 1.25 bits per heavy atom. The maximum absolute atomic E-state index is 12.8. The standard InChI is InChI=1S/C19H18N2O2S/c22-12-15-7-4-10-21(15)19(23)14-6-3-5-13(11-14)18-20-16-8-1-2-9-17(16)24-18/h1-3,5-6,8-9,11,15,22H,4,7,10,12H2. The minimum Gasteiger partial charge on any atom is -0.394 e. The number of benzene rings is 2. The van der Waals surface area contributed by atoms with Crippen LogP contribution < -0.4 is 0 Å². The molecule has 1 N–H and O–H groups in total. The minimum absolute atomic E-state index is 0.00508. The molecule has 4 nitrogen and oxygen atoms in total. The molecule has 1 aliphatic heterocycles. The first-order valence-electron chi connectivity index (χ1n) is 8.14. The highest BCUT2D eigenvalue weighted by Gasteiger charge is 2.28. The van der Waals surface area contributed by atoms with Crippen LogP contribution in [-0.4, -0.2) is 40.1 Å². The molecule has 1 unspecified atom stereocenters. The quantitative estimate of drug-likeness (QED) is 0.794. The molecule has 0 bridgehead atoms. The van der Waals surface area contributed by atoms with Crippen LogP contribution in [0.1, 0.15) is 23.2 Å². The van der Waals surface area contributed by atoms with Crippen molar-refractivity contribution >= 4 is 27.5 Å². The summed E-state index contributed by atoms with van der Waals surface area (Å²) in [6.07, 6.45) is 1.83. The number of aromatic nitrogens is 1. The fraction of sp³-hybridized carbons (Fsp3) is 0.263. The van der Waals surface area contributed by atoms with Crippen LogP contribution in [0.15, 0.2) is 48.5 Å². The average Bonchev–Trinajstić information content (AvgIpc) is 3.27. The molecule has 1 saturated heterocycles. The van der Waals surface area contributed by atoms with E-state index in [0.29, 0.717) is 5.56 Å². The summed E-state index contributed by atoms with van der Waals surface area (Å²) >= 11 is 1.63. The third kappa shape index (κ3) is 2.70. The van der Waals surface area contributed by atoms with Gasteiger partial charge in [-0.25, -0.2) is 4.98 Å². The summed E-state index contributed by atoms with van der Waals surface area (Å²) in [6.45, 7) is 0.749. The molecule has 1 atom stereocenters. The highest BCUT2D eigenvalue weighted by atomic mass is 32.1. The number of aliphatic hydroxyl groups excluding tert-OH is 1. The monoisotopic (exact) mass is 338 g/mol. The summed E-state index contributed by atoms with van der Waals surface area (Å²) in [4.78, 5) is 19.2. The normalized spacial score (nSPS) is 17.5. The molecule has 4 rings (SSSR count). The van der Waals surface area contributed by atoms with Gasteiger partial charge in [0, 0.05) is 17.7 Å². The first-order chi connectivity index (χ1) is 11.8. The molecule has 1 fully saturated rings. The van der Waals surface area contributed by atoms with Gasteiger partial charge in [0.2, 0.25) is 0 Å². The number of thiazole rings is 1. The van der Waals surface area contributed by atoms with E-state index in [0.717, 1.165) is 40.2 Å². The summed E-state index contributed by atoms with van der Waals surface area (Å²) in [5, 5.41) is 10.4. The number of hydrogen-bond donors (Lipinski definition) is 1. The molecule has 5 heteroatoms. The van der Waals surface area contributed by atoms with E-state index in [1.165, 1.54) is 0 Å². The molecule has 2 heterocycles. The lowest BCUT2D eigenvalue weighted by Gasteiger charge is -2.23. The van der Waals surface area contributed by atoms with Crippen molar-refractivity contribution in [1.29, 1.82) is 0 Å². The van der Waals surface area contributed by atoms with Gasteiger partial charge < -0.3 is 10.0 Å². The molecule has 122 valence electrons. The fourth-order valence-corrected chi connectivity index (χ4v) is 4.20. The van der Waals surface area contributed by atoms with Crippen LogP contribution in [0.2, 0.25) is 0 Å². The first kappa shape index (κ1) is 15.3. The van der Waals surface area contributed by atoms with Gasteiger partial charge in [-0.2, -0.15) is 0 Å². The van der Waals surface area contributed by atoms with E-state index in [9.17, 15) is 9.90 Å². The molecule has 0 spiro atoms. The molecule has 24 heavy (non-hydrogen) atoms. The Bertz CT molecular complexity index is 857. The van der Waals surface area contributed by atoms with Gasteiger partial charge >= 0.3 is 0 Å². The fourth-order valence-electron chi connectivity index (χ4n) is 3.24. The Hall–Kier alpha value is -2.24. The van der Waals surface area contributed by atoms with E-state index in [4.69, 9.17) is 0 Å². The number of para-hydroxylation sites is 1. The molecule has 0 saturated carbocycles. The van der Waals surface area contributed by atoms with Crippen molar-refractivity contribution < 1.29 is 9.90 Å². The number of rotatable bonds is 3. The first-order valence-corrected chi connectivity index (χ1v) is 8.96. The van der Waals surface area contributed by atoms with Crippen LogP contribution in [0.5, 0.6) is 0 Å². The molecule has 0 radical (unpaired) electrons. The number of carbonyl (C=O) groups excluding carboxylic acids is 1. The number of nitrogens with zero attached hydrogens (tertiary/aromatic N) is 2. The lowest BCUT2D eigenvalue weighted by molar-refractivity contribution is 0.0677. The van der Waals surface area contributed by atoms with Crippen LogP contribution in [-0.2, 0) is 0 Å². The lowest BCUT2D eigenvalue weighted by atomic mass is 10.1. The van der Waals surface area contributed by atoms with Gasteiger partial charge in [-0.1, -0.05) is 24.3 Å². The van der Waals surface area contributed by atoms with Crippen molar-refractivity contribution in [3.8, 4) is 10.6 Å². The Balaban J connectivity index is 1.67. The Kier molecular flexibility index (Phi) is 4.04. The second kappa shape index (κ2) is 6.34. The number of amides is 1. The Labute approximate surface area is 144 Å². The number of fused-ring (bicyclic) bond motifs is 1. The zero-order valence-corrected chi connectivity index (χ0v) is 14.0. The van der Waals surface area contributed by atoms with Gasteiger partial charge in [-0.3, -0.25) is 4.79 Å².